The molecule has 2 unspecified atom stereocenters. The Morgan fingerprint density at radius 2 is 0.792 bits per heavy atom. The minimum atomic E-state index is -0.938. The van der Waals surface area contributed by atoms with Crippen molar-refractivity contribution in [2.75, 3.05) is 40.0 Å². The lowest BCUT2D eigenvalue weighted by Crippen LogP contribution is -2.31. The van der Waals surface area contributed by atoms with Gasteiger partial charge < -0.3 is 28.6 Å². The molecule has 0 rings (SSSR count). The van der Waals surface area contributed by atoms with E-state index in [-0.39, 0.29) is 57.4 Å². The highest BCUT2D eigenvalue weighted by Gasteiger charge is 2.22. The van der Waals surface area contributed by atoms with Crippen molar-refractivity contribution in [3.8, 4) is 0 Å². The van der Waals surface area contributed by atoms with Crippen LogP contribution in [0, 0.1) is 0 Å². The van der Waals surface area contributed by atoms with Crippen LogP contribution in [-0.2, 0) is 38.1 Å². The molecule has 0 aliphatic carbocycles. The summed E-state index contributed by atoms with van der Waals surface area (Å²) in [5, 5.41) is 0. The molecule has 0 saturated heterocycles. The first kappa shape index (κ1) is 68.6. The number of nitrogens with zero attached hydrogens (tertiary/aromatic N) is 1. The van der Waals surface area contributed by atoms with Crippen molar-refractivity contribution in [3.05, 3.63) is 48.6 Å². The second-order valence-corrected chi connectivity index (χ2v) is 20.0. The summed E-state index contributed by atoms with van der Waals surface area (Å²) in [5.41, 5.74) is 0. The van der Waals surface area contributed by atoms with E-state index in [0.717, 1.165) is 122 Å². The highest BCUT2D eigenvalue weighted by molar-refractivity contribution is 5.71. The fourth-order valence-electron chi connectivity index (χ4n) is 8.26. The quantitative estimate of drug-likeness (QED) is 0.0252. The molecule has 10 heteroatoms. The van der Waals surface area contributed by atoms with Gasteiger partial charge in [-0.2, -0.15) is 0 Å². The number of allylic oxidation sites excluding steroid dienone is 8. The highest BCUT2D eigenvalue weighted by Crippen LogP contribution is 2.18. The normalized spacial score (nSPS) is 12.7. The van der Waals surface area contributed by atoms with Gasteiger partial charge in [-0.3, -0.25) is 14.4 Å². The number of carbonyl (C=O) groups is 4. The SMILES string of the molecule is CCCCCC=CC/C=C\CCCCCCCC(=O)OCC(COC(=O)CCCCCCC/C=C\C/C=C\CCCCC)OC(=O)CCC(CCCCCCCCCCCC)OC(=O)OCCCN(C)CC. The van der Waals surface area contributed by atoms with Gasteiger partial charge in [-0.15, -0.1) is 0 Å². The van der Waals surface area contributed by atoms with Crippen LogP contribution in [0.4, 0.5) is 4.79 Å². The van der Waals surface area contributed by atoms with Gasteiger partial charge in [0.1, 0.15) is 19.3 Å². The molecule has 0 N–H and O–H groups in total. The van der Waals surface area contributed by atoms with Gasteiger partial charge in [-0.1, -0.05) is 198 Å². The van der Waals surface area contributed by atoms with Crippen LogP contribution in [0.5, 0.6) is 0 Å². The molecular weight excluding hydrogens is 903 g/mol. The van der Waals surface area contributed by atoms with E-state index in [0.29, 0.717) is 12.8 Å². The van der Waals surface area contributed by atoms with Crippen molar-refractivity contribution in [3.63, 3.8) is 0 Å². The van der Waals surface area contributed by atoms with Crippen molar-refractivity contribution in [1.29, 1.82) is 0 Å². The van der Waals surface area contributed by atoms with Crippen LogP contribution in [-0.4, -0.2) is 81.1 Å². The molecule has 0 aromatic rings. The Balaban J connectivity index is 5.11. The van der Waals surface area contributed by atoms with E-state index in [1.54, 1.807) is 0 Å². The van der Waals surface area contributed by atoms with Crippen molar-refractivity contribution < 1.29 is 42.9 Å². The Bertz CT molecular complexity index is 1300. The van der Waals surface area contributed by atoms with Crippen LogP contribution in [0.2, 0.25) is 0 Å². The van der Waals surface area contributed by atoms with Gasteiger partial charge in [0.2, 0.25) is 0 Å². The highest BCUT2D eigenvalue weighted by atomic mass is 16.7. The van der Waals surface area contributed by atoms with Crippen molar-refractivity contribution in [1.82, 2.24) is 4.90 Å². The van der Waals surface area contributed by atoms with Crippen LogP contribution >= 0.6 is 0 Å². The summed E-state index contributed by atoms with van der Waals surface area (Å²) >= 11 is 0. The van der Waals surface area contributed by atoms with E-state index in [9.17, 15) is 19.2 Å². The molecule has 0 amide bonds. The van der Waals surface area contributed by atoms with E-state index in [2.05, 4.69) is 81.2 Å². The lowest BCUT2D eigenvalue weighted by Gasteiger charge is -2.20. The number of carbonyl (C=O) groups excluding carboxylic acids is 4. The zero-order valence-corrected chi connectivity index (χ0v) is 47.3. The lowest BCUT2D eigenvalue weighted by atomic mass is 10.0. The first-order chi connectivity index (χ1) is 35.2. The van der Waals surface area contributed by atoms with E-state index >= 15 is 0 Å². The summed E-state index contributed by atoms with van der Waals surface area (Å²) in [6, 6.07) is 0. The van der Waals surface area contributed by atoms with Crippen molar-refractivity contribution >= 4 is 24.1 Å². The molecule has 0 aliphatic heterocycles. The average molecular weight is 1010 g/mol. The monoisotopic (exact) mass is 1010 g/mol. The average Bonchev–Trinajstić information content (AvgIpc) is 3.37. The van der Waals surface area contributed by atoms with Gasteiger partial charge in [0.05, 0.1) is 6.61 Å². The summed E-state index contributed by atoms with van der Waals surface area (Å²) in [4.78, 5) is 53.9. The summed E-state index contributed by atoms with van der Waals surface area (Å²) in [7, 11) is 2.02. The number of hydrogen-bond acceptors (Lipinski definition) is 10. The molecule has 2 atom stereocenters. The first-order valence-electron chi connectivity index (χ1n) is 29.9. The maximum absolute atomic E-state index is 13.3. The minimum Gasteiger partial charge on any atom is -0.462 e. The van der Waals surface area contributed by atoms with Crippen LogP contribution < -0.4 is 0 Å². The fraction of sp³-hybridized carbons (Fsp3) is 0.806. The Kier molecular flexibility index (Phi) is 52.7. The molecule has 0 spiro atoms. The predicted molar refractivity (Wildman–Crippen MR) is 300 cm³/mol. The van der Waals surface area contributed by atoms with E-state index in [4.69, 9.17) is 23.7 Å². The third-order valence-corrected chi connectivity index (χ3v) is 13.1. The van der Waals surface area contributed by atoms with Crippen LogP contribution in [0.15, 0.2) is 48.6 Å². The third-order valence-electron chi connectivity index (χ3n) is 13.1. The number of ether oxygens (including phenoxy) is 5. The zero-order chi connectivity index (χ0) is 52.6. The van der Waals surface area contributed by atoms with Gasteiger partial charge in [-0.05, 0) is 116 Å². The second-order valence-electron chi connectivity index (χ2n) is 20.0. The lowest BCUT2D eigenvalue weighted by molar-refractivity contribution is -0.167. The molecular formula is C62H111NO9. The fourth-order valence-corrected chi connectivity index (χ4v) is 8.26. The molecule has 10 nitrogen and oxygen atoms in total. The van der Waals surface area contributed by atoms with E-state index in [1.165, 1.54) is 96.3 Å². The Hall–Kier alpha value is -3.40. The van der Waals surface area contributed by atoms with Gasteiger partial charge in [0.15, 0.2) is 6.10 Å². The molecule has 0 aliphatic rings. The molecule has 0 radical (unpaired) electrons. The molecule has 0 bridgehead atoms. The Morgan fingerprint density at radius 1 is 0.389 bits per heavy atom. The molecule has 0 aromatic heterocycles. The molecule has 0 saturated carbocycles. The first-order valence-corrected chi connectivity index (χ1v) is 29.9. The van der Waals surface area contributed by atoms with Crippen LogP contribution in [0.3, 0.4) is 0 Å². The Morgan fingerprint density at radius 3 is 1.25 bits per heavy atom. The Labute approximate surface area is 442 Å². The summed E-state index contributed by atoms with van der Waals surface area (Å²) in [6.07, 6.45) is 54.2. The number of hydrogen-bond donors (Lipinski definition) is 0. The number of rotatable bonds is 53. The largest absolute Gasteiger partial charge is 0.508 e. The topological polar surface area (TPSA) is 118 Å². The second kappa shape index (κ2) is 55.4. The number of unbranched alkanes of at least 4 members (excludes halogenated alkanes) is 25. The van der Waals surface area contributed by atoms with Crippen molar-refractivity contribution in [2.24, 2.45) is 0 Å². The van der Waals surface area contributed by atoms with Gasteiger partial charge in [0.25, 0.3) is 0 Å². The third kappa shape index (κ3) is 51.5. The summed E-state index contributed by atoms with van der Waals surface area (Å²) in [6.45, 7) is 10.4. The van der Waals surface area contributed by atoms with E-state index < -0.39 is 24.3 Å². The molecule has 0 heterocycles. The summed E-state index contributed by atoms with van der Waals surface area (Å²) < 4.78 is 28.1. The number of esters is 3. The van der Waals surface area contributed by atoms with E-state index in [1.807, 2.05) is 7.05 Å². The van der Waals surface area contributed by atoms with Gasteiger partial charge >= 0.3 is 24.1 Å². The zero-order valence-electron chi connectivity index (χ0n) is 47.3. The van der Waals surface area contributed by atoms with Gasteiger partial charge in [0, 0.05) is 25.8 Å². The van der Waals surface area contributed by atoms with Gasteiger partial charge in [-0.25, -0.2) is 4.79 Å². The maximum atomic E-state index is 13.3. The predicted octanol–water partition coefficient (Wildman–Crippen LogP) is 17.6. The van der Waals surface area contributed by atoms with Crippen molar-refractivity contribution in [2.45, 2.75) is 284 Å². The summed E-state index contributed by atoms with van der Waals surface area (Å²) in [5.74, 6) is -1.24. The molecule has 0 fully saturated rings. The smallest absolute Gasteiger partial charge is 0.462 e. The maximum Gasteiger partial charge on any atom is 0.508 e. The molecule has 418 valence electrons. The van der Waals surface area contributed by atoms with Crippen LogP contribution in [0.1, 0.15) is 272 Å². The molecule has 0 aromatic carbocycles. The standard InChI is InChI=1S/C62H111NO9/c1-6-10-13-16-19-22-25-27-29-31-33-36-39-42-45-49-59(64)69-55-58(56-70-60(65)50-46-43-40-37-34-32-30-28-26-23-20-17-14-11-7-2)71-61(66)52-51-57(72-62(67)68-54-47-53-63(5)9-4)48-44-41-38-35-24-21-18-15-12-8-3/h19-20,22-23,27-30,57-58H,6-18,21,24-26,31-56H2,1-5H3/b22-19-,23-20?,29-27-,30-28-. The van der Waals surface area contributed by atoms with Crippen LogP contribution in [0.25, 0.3) is 0 Å². The minimum absolute atomic E-state index is 0.00662. The molecule has 72 heavy (non-hydrogen) atoms.